The van der Waals surface area contributed by atoms with Crippen LogP contribution in [-0.2, 0) is 23.0 Å². The quantitative estimate of drug-likeness (QED) is 0.374. The van der Waals surface area contributed by atoms with E-state index in [0.717, 1.165) is 38.3 Å². The van der Waals surface area contributed by atoms with Crippen LogP contribution in [-0.4, -0.2) is 50.4 Å². The van der Waals surface area contributed by atoms with Crippen LogP contribution in [0, 0.1) is 5.92 Å². The molecule has 1 N–H and O–H groups in total. The van der Waals surface area contributed by atoms with E-state index in [0.29, 0.717) is 26.2 Å². The maximum absolute atomic E-state index is 11.3. The van der Waals surface area contributed by atoms with E-state index < -0.39 is 9.84 Å². The molecule has 0 fully saturated rings. The number of ether oxygens (including phenoxy) is 1. The van der Waals surface area contributed by atoms with Crippen molar-refractivity contribution in [3.63, 3.8) is 0 Å². The third-order valence-corrected chi connectivity index (χ3v) is 7.95. The number of anilines is 1. The molecule has 0 aliphatic carbocycles. The van der Waals surface area contributed by atoms with E-state index in [-0.39, 0.29) is 11.7 Å². The van der Waals surface area contributed by atoms with E-state index >= 15 is 0 Å². The van der Waals surface area contributed by atoms with Crippen LogP contribution in [0.4, 0.5) is 10.8 Å². The predicted octanol–water partition coefficient (Wildman–Crippen LogP) is 4.55. The summed E-state index contributed by atoms with van der Waals surface area (Å²) in [4.78, 5) is 17.0. The number of sulfone groups is 1. The highest BCUT2D eigenvalue weighted by molar-refractivity contribution is 7.90. The predicted molar refractivity (Wildman–Crippen MR) is 154 cm³/mol. The molecule has 1 atom stereocenters. The first-order chi connectivity index (χ1) is 18.4. The fraction of sp³-hybridized carbons (Fsp3) is 0.250. The minimum absolute atomic E-state index is 0.0734. The van der Waals surface area contributed by atoms with Crippen LogP contribution in [0.5, 0.6) is 5.75 Å². The summed E-state index contributed by atoms with van der Waals surface area (Å²) in [6.45, 7) is 2.04. The fourth-order valence-corrected chi connectivity index (χ4v) is 5.36. The van der Waals surface area contributed by atoms with Gasteiger partial charge < -0.3 is 15.0 Å². The number of rotatable bonds is 10. The Morgan fingerprint density at radius 3 is 2.76 bits per heavy atom. The number of aliphatic imine (C=N–C) groups is 2. The van der Waals surface area contributed by atoms with Gasteiger partial charge in [0.2, 0.25) is 0 Å². The molecule has 0 amide bonds. The van der Waals surface area contributed by atoms with E-state index in [1.54, 1.807) is 11.3 Å². The summed E-state index contributed by atoms with van der Waals surface area (Å²) in [5.74, 6) is 0.992. The zero-order valence-electron chi connectivity index (χ0n) is 21.0. The molecule has 1 aromatic heterocycles. The minimum Gasteiger partial charge on any atom is -0.489 e. The summed E-state index contributed by atoms with van der Waals surface area (Å²) in [6, 6.07) is 17.9. The highest BCUT2D eigenvalue weighted by Crippen LogP contribution is 2.31. The third-order valence-electron chi connectivity index (χ3n) is 5.99. The van der Waals surface area contributed by atoms with Crippen LogP contribution in [0.2, 0.25) is 0 Å². The van der Waals surface area contributed by atoms with Gasteiger partial charge in [-0.15, -0.1) is 0 Å². The first kappa shape index (κ1) is 26.0. The Balaban J connectivity index is 1.24. The van der Waals surface area contributed by atoms with E-state index in [1.165, 1.54) is 6.26 Å². The Hall–Kier alpha value is -3.60. The Bertz CT molecular complexity index is 1480. The van der Waals surface area contributed by atoms with Crippen molar-refractivity contribution in [1.82, 2.24) is 10.3 Å². The number of hydrogen-bond acceptors (Lipinski definition) is 9. The molecule has 0 bridgehead atoms. The summed E-state index contributed by atoms with van der Waals surface area (Å²) in [6.07, 6.45) is 11.2. The summed E-state index contributed by atoms with van der Waals surface area (Å²) < 4.78 is 28.5. The Morgan fingerprint density at radius 1 is 1.16 bits per heavy atom. The molecule has 10 heteroatoms. The molecule has 2 aliphatic heterocycles. The van der Waals surface area contributed by atoms with Crippen LogP contribution in [0.25, 0.3) is 0 Å². The summed E-state index contributed by atoms with van der Waals surface area (Å²) in [5, 5.41) is 4.01. The number of fused-ring (bicyclic) bond motifs is 1. The van der Waals surface area contributed by atoms with E-state index in [9.17, 15) is 8.42 Å². The largest absolute Gasteiger partial charge is 0.489 e. The first-order valence-electron chi connectivity index (χ1n) is 12.3. The maximum Gasteiger partial charge on any atom is 0.193 e. The van der Waals surface area contributed by atoms with Gasteiger partial charge in [-0.1, -0.05) is 47.7 Å². The number of thiazole rings is 1. The molecule has 0 saturated heterocycles. The minimum atomic E-state index is -2.97. The van der Waals surface area contributed by atoms with Gasteiger partial charge >= 0.3 is 0 Å². The van der Waals surface area contributed by atoms with Crippen LogP contribution in [0.15, 0.2) is 94.8 Å². The van der Waals surface area contributed by atoms with Gasteiger partial charge in [0.25, 0.3) is 0 Å². The number of nitrogens with zero attached hydrogens (tertiary/aromatic N) is 4. The first-order valence-corrected chi connectivity index (χ1v) is 15.2. The second kappa shape index (κ2) is 11.8. The van der Waals surface area contributed by atoms with Crippen molar-refractivity contribution >= 4 is 43.9 Å². The molecule has 3 heterocycles. The lowest BCUT2D eigenvalue weighted by Crippen LogP contribution is -2.27. The van der Waals surface area contributed by atoms with Gasteiger partial charge in [0.1, 0.15) is 22.2 Å². The second-order valence-electron chi connectivity index (χ2n) is 9.09. The average Bonchev–Trinajstić information content (AvgIpc) is 3.40. The molecule has 0 saturated carbocycles. The molecule has 5 rings (SSSR count). The van der Waals surface area contributed by atoms with Crippen molar-refractivity contribution in [2.24, 2.45) is 15.9 Å². The zero-order valence-corrected chi connectivity index (χ0v) is 22.7. The zero-order chi connectivity index (χ0) is 26.4. The molecule has 3 aromatic rings. The summed E-state index contributed by atoms with van der Waals surface area (Å²) >= 11 is 1.57. The van der Waals surface area contributed by atoms with Crippen molar-refractivity contribution in [3.05, 3.63) is 95.3 Å². The Kier molecular flexibility index (Phi) is 8.11. The highest BCUT2D eigenvalue weighted by Gasteiger charge is 2.24. The standard InChI is InChI=1S/C28H29N5O3S2/c1-38(34,35)14-12-29-16-25-17-31-28(37-25)33-13-11-22-15-30-18-27(26(22)19-33)32-23-7-9-24(10-8-23)36-20-21-5-3-2-4-6-21/h2-11,13,15,17,19,22,29H,12,14,16,18,20H2,1H3. The molecule has 0 spiro atoms. The topological polar surface area (TPSA) is 96.2 Å². The third kappa shape index (κ3) is 7.03. The highest BCUT2D eigenvalue weighted by atomic mass is 32.2. The normalized spacial score (nSPS) is 17.9. The molecule has 2 aromatic carbocycles. The van der Waals surface area contributed by atoms with Gasteiger partial charge in [0.15, 0.2) is 5.13 Å². The molecule has 2 aliphatic rings. The fourth-order valence-electron chi connectivity index (χ4n) is 4.01. The van der Waals surface area contributed by atoms with Crippen LogP contribution in [0.3, 0.4) is 0 Å². The second-order valence-corrected chi connectivity index (χ2v) is 12.4. The van der Waals surface area contributed by atoms with Gasteiger partial charge in [-0.2, -0.15) is 0 Å². The molecule has 0 radical (unpaired) electrons. The number of hydrogen-bond donors (Lipinski definition) is 1. The number of benzene rings is 2. The lowest BCUT2D eigenvalue weighted by molar-refractivity contribution is 0.306. The number of aromatic nitrogens is 1. The van der Waals surface area contributed by atoms with Gasteiger partial charge in [-0.05, 0) is 29.8 Å². The molecular formula is C28H29N5O3S2. The number of nitrogens with one attached hydrogen (secondary N) is 1. The Morgan fingerprint density at radius 2 is 1.97 bits per heavy atom. The van der Waals surface area contributed by atoms with Crippen LogP contribution >= 0.6 is 11.3 Å². The van der Waals surface area contributed by atoms with Crippen molar-refractivity contribution in [1.29, 1.82) is 0 Å². The molecule has 8 nitrogen and oxygen atoms in total. The van der Waals surface area contributed by atoms with Crippen molar-refractivity contribution in [3.8, 4) is 5.75 Å². The van der Waals surface area contributed by atoms with E-state index in [2.05, 4.69) is 27.6 Å². The molecule has 196 valence electrons. The lowest BCUT2D eigenvalue weighted by atomic mass is 9.92. The number of allylic oxidation sites excluding steroid dienone is 1. The van der Waals surface area contributed by atoms with Crippen LogP contribution < -0.4 is 15.0 Å². The smallest absolute Gasteiger partial charge is 0.193 e. The van der Waals surface area contributed by atoms with Gasteiger partial charge in [0, 0.05) is 60.5 Å². The van der Waals surface area contributed by atoms with Gasteiger partial charge in [-0.25, -0.2) is 13.4 Å². The maximum atomic E-state index is 11.3. The summed E-state index contributed by atoms with van der Waals surface area (Å²) in [7, 11) is -2.97. The van der Waals surface area contributed by atoms with Crippen LogP contribution in [0.1, 0.15) is 10.4 Å². The SMILES string of the molecule is CS(=O)(=O)CCNCc1cnc(N2C=CC3C=NCC(=Nc4ccc(OCc5ccccc5)cc4)C3=C2)s1. The monoisotopic (exact) mass is 547 g/mol. The van der Waals surface area contributed by atoms with Crippen molar-refractivity contribution < 1.29 is 13.2 Å². The lowest BCUT2D eigenvalue weighted by Gasteiger charge is -2.26. The molecule has 38 heavy (non-hydrogen) atoms. The van der Waals surface area contributed by atoms with Crippen molar-refractivity contribution in [2.75, 3.05) is 30.0 Å². The van der Waals surface area contributed by atoms with E-state index in [1.807, 2.05) is 78.1 Å². The molecular weight excluding hydrogens is 518 g/mol. The van der Waals surface area contributed by atoms with Crippen molar-refractivity contribution in [2.45, 2.75) is 13.2 Å². The Labute approximate surface area is 227 Å². The summed E-state index contributed by atoms with van der Waals surface area (Å²) in [5.41, 5.74) is 3.99. The van der Waals surface area contributed by atoms with Gasteiger partial charge in [0.05, 0.1) is 23.7 Å². The van der Waals surface area contributed by atoms with Gasteiger partial charge in [-0.3, -0.25) is 9.98 Å². The average molecular weight is 548 g/mol. The molecule has 1 unspecified atom stereocenters. The van der Waals surface area contributed by atoms with E-state index in [4.69, 9.17) is 9.73 Å².